The van der Waals surface area contributed by atoms with Crippen molar-refractivity contribution in [3.63, 3.8) is 0 Å². The minimum absolute atomic E-state index is 0.135. The van der Waals surface area contributed by atoms with Crippen LogP contribution in [0.5, 0.6) is 11.5 Å². The molecule has 21 heavy (non-hydrogen) atoms. The van der Waals surface area contributed by atoms with E-state index in [1.807, 2.05) is 30.3 Å². The molecule has 2 aromatic carbocycles. The molecule has 0 radical (unpaired) electrons. The largest absolute Gasteiger partial charge is 0.457 e. The lowest BCUT2D eigenvalue weighted by molar-refractivity contribution is 0.472. The zero-order valence-electron chi connectivity index (χ0n) is 12.6. The Kier molecular flexibility index (Phi) is 5.66. The third-order valence-corrected chi connectivity index (χ3v) is 3.83. The maximum atomic E-state index is 6.09. The van der Waals surface area contributed by atoms with Gasteiger partial charge in [0.1, 0.15) is 11.5 Å². The summed E-state index contributed by atoms with van der Waals surface area (Å²) < 4.78 is 6.00. The summed E-state index contributed by atoms with van der Waals surface area (Å²) >= 11 is 6.09. The molecule has 112 valence electrons. The van der Waals surface area contributed by atoms with E-state index in [-0.39, 0.29) is 6.04 Å². The molecular formula is C18H22ClNO. The number of benzene rings is 2. The average Bonchev–Trinajstić information content (AvgIpc) is 2.50. The SMILES string of the molecule is CCc1ccc(Oc2cc(Cl)ccc2CC(N)CC)cc1. The van der Waals surface area contributed by atoms with E-state index < -0.39 is 0 Å². The van der Waals surface area contributed by atoms with Crippen LogP contribution in [0.4, 0.5) is 0 Å². The van der Waals surface area contributed by atoms with Crippen molar-refractivity contribution < 1.29 is 4.74 Å². The van der Waals surface area contributed by atoms with E-state index in [1.165, 1.54) is 5.56 Å². The van der Waals surface area contributed by atoms with Gasteiger partial charge in [-0.2, -0.15) is 0 Å². The molecule has 1 atom stereocenters. The maximum Gasteiger partial charge on any atom is 0.132 e. The number of hydrogen-bond donors (Lipinski definition) is 1. The molecule has 2 N–H and O–H groups in total. The van der Waals surface area contributed by atoms with Crippen LogP contribution < -0.4 is 10.5 Å². The summed E-state index contributed by atoms with van der Waals surface area (Å²) in [6.07, 6.45) is 2.75. The van der Waals surface area contributed by atoms with E-state index in [0.29, 0.717) is 5.02 Å². The number of halogens is 1. The van der Waals surface area contributed by atoms with Crippen molar-refractivity contribution in [3.05, 3.63) is 58.6 Å². The van der Waals surface area contributed by atoms with Crippen molar-refractivity contribution in [1.82, 2.24) is 0 Å². The number of aryl methyl sites for hydroxylation is 1. The summed E-state index contributed by atoms with van der Waals surface area (Å²) in [5.74, 6) is 1.61. The van der Waals surface area contributed by atoms with Gasteiger partial charge in [0.2, 0.25) is 0 Å². The molecular weight excluding hydrogens is 282 g/mol. The van der Waals surface area contributed by atoms with Gasteiger partial charge in [-0.1, -0.05) is 43.6 Å². The summed E-state index contributed by atoms with van der Waals surface area (Å²) in [6.45, 7) is 4.22. The fourth-order valence-electron chi connectivity index (χ4n) is 2.14. The van der Waals surface area contributed by atoms with Crippen molar-refractivity contribution >= 4 is 11.6 Å². The van der Waals surface area contributed by atoms with Crippen LogP contribution >= 0.6 is 11.6 Å². The number of nitrogens with two attached hydrogens (primary N) is 1. The Balaban J connectivity index is 2.22. The molecule has 0 heterocycles. The molecule has 0 fully saturated rings. The predicted molar refractivity (Wildman–Crippen MR) is 89.3 cm³/mol. The topological polar surface area (TPSA) is 35.2 Å². The van der Waals surface area contributed by atoms with Crippen LogP contribution in [0.1, 0.15) is 31.4 Å². The Hall–Kier alpha value is -1.51. The first-order valence-electron chi connectivity index (χ1n) is 7.43. The fraction of sp³-hybridized carbons (Fsp3) is 0.333. The van der Waals surface area contributed by atoms with Gasteiger partial charge in [-0.15, -0.1) is 0 Å². The molecule has 2 aromatic rings. The van der Waals surface area contributed by atoms with Crippen LogP contribution in [0, 0.1) is 0 Å². The van der Waals surface area contributed by atoms with Crippen LogP contribution in [0.15, 0.2) is 42.5 Å². The van der Waals surface area contributed by atoms with Gasteiger partial charge in [-0.3, -0.25) is 0 Å². The van der Waals surface area contributed by atoms with E-state index in [9.17, 15) is 0 Å². The smallest absolute Gasteiger partial charge is 0.132 e. The number of hydrogen-bond acceptors (Lipinski definition) is 2. The Labute approximate surface area is 131 Å². The minimum Gasteiger partial charge on any atom is -0.457 e. The standard InChI is InChI=1S/C18H22ClNO/c1-3-13-5-9-17(10-6-13)21-18-12-15(19)8-7-14(18)11-16(20)4-2/h5-10,12,16H,3-4,11,20H2,1-2H3. The van der Waals surface area contributed by atoms with Crippen LogP contribution in [0.25, 0.3) is 0 Å². The van der Waals surface area contributed by atoms with E-state index in [4.69, 9.17) is 22.1 Å². The Bertz CT molecular complexity index is 580. The van der Waals surface area contributed by atoms with Gasteiger partial charge >= 0.3 is 0 Å². The van der Waals surface area contributed by atoms with E-state index >= 15 is 0 Å². The highest BCUT2D eigenvalue weighted by molar-refractivity contribution is 6.30. The zero-order chi connectivity index (χ0) is 15.2. The highest BCUT2D eigenvalue weighted by Crippen LogP contribution is 2.29. The predicted octanol–water partition coefficient (Wildman–Crippen LogP) is 4.97. The molecule has 2 rings (SSSR count). The lowest BCUT2D eigenvalue weighted by Gasteiger charge is -2.15. The fourth-order valence-corrected chi connectivity index (χ4v) is 2.30. The third kappa shape index (κ3) is 4.48. The van der Waals surface area contributed by atoms with Crippen molar-refractivity contribution in [2.45, 2.75) is 39.2 Å². The second-order valence-corrected chi connectivity index (χ2v) is 5.66. The molecule has 0 spiro atoms. The summed E-state index contributed by atoms with van der Waals surface area (Å²) in [6, 6.07) is 14.0. The average molecular weight is 304 g/mol. The molecule has 0 aromatic heterocycles. The second kappa shape index (κ2) is 7.48. The summed E-state index contributed by atoms with van der Waals surface area (Å²) in [7, 11) is 0. The summed E-state index contributed by atoms with van der Waals surface area (Å²) in [5, 5.41) is 0.670. The summed E-state index contributed by atoms with van der Waals surface area (Å²) in [4.78, 5) is 0. The molecule has 3 heteroatoms. The van der Waals surface area contributed by atoms with Crippen molar-refractivity contribution in [2.24, 2.45) is 5.73 Å². The molecule has 0 amide bonds. The maximum absolute atomic E-state index is 6.09. The van der Waals surface area contributed by atoms with Crippen LogP contribution in [0.2, 0.25) is 5.02 Å². The monoisotopic (exact) mass is 303 g/mol. The van der Waals surface area contributed by atoms with Crippen LogP contribution in [-0.4, -0.2) is 6.04 Å². The van der Waals surface area contributed by atoms with E-state index in [0.717, 1.165) is 36.3 Å². The van der Waals surface area contributed by atoms with Gasteiger partial charge in [0.05, 0.1) is 0 Å². The van der Waals surface area contributed by atoms with Gasteiger partial charge in [-0.05, 0) is 54.7 Å². The quantitative estimate of drug-likeness (QED) is 0.817. The molecule has 0 saturated carbocycles. The highest BCUT2D eigenvalue weighted by Gasteiger charge is 2.10. The lowest BCUT2D eigenvalue weighted by atomic mass is 10.0. The van der Waals surface area contributed by atoms with Crippen LogP contribution in [0.3, 0.4) is 0 Å². The van der Waals surface area contributed by atoms with Gasteiger partial charge < -0.3 is 10.5 Å². The molecule has 1 unspecified atom stereocenters. The van der Waals surface area contributed by atoms with Crippen molar-refractivity contribution in [3.8, 4) is 11.5 Å². The van der Waals surface area contributed by atoms with Crippen LogP contribution in [-0.2, 0) is 12.8 Å². The first-order chi connectivity index (χ1) is 10.1. The van der Waals surface area contributed by atoms with Gasteiger partial charge in [0, 0.05) is 11.1 Å². The molecule has 0 aliphatic carbocycles. The Morgan fingerprint density at radius 3 is 2.43 bits per heavy atom. The van der Waals surface area contributed by atoms with Gasteiger partial charge in [-0.25, -0.2) is 0 Å². The van der Waals surface area contributed by atoms with Gasteiger partial charge in [0.25, 0.3) is 0 Å². The van der Waals surface area contributed by atoms with Crippen molar-refractivity contribution in [2.75, 3.05) is 0 Å². The number of ether oxygens (including phenoxy) is 1. The first kappa shape index (κ1) is 15.9. The molecule has 0 saturated heterocycles. The molecule has 0 bridgehead atoms. The number of rotatable bonds is 6. The second-order valence-electron chi connectivity index (χ2n) is 5.22. The Morgan fingerprint density at radius 1 is 1.10 bits per heavy atom. The lowest BCUT2D eigenvalue weighted by Crippen LogP contribution is -2.21. The normalized spacial score (nSPS) is 12.2. The summed E-state index contributed by atoms with van der Waals surface area (Å²) in [5.41, 5.74) is 8.44. The molecule has 0 aliphatic rings. The first-order valence-corrected chi connectivity index (χ1v) is 7.81. The van der Waals surface area contributed by atoms with Crippen molar-refractivity contribution in [1.29, 1.82) is 0 Å². The molecule has 2 nitrogen and oxygen atoms in total. The van der Waals surface area contributed by atoms with E-state index in [2.05, 4.69) is 26.0 Å². The minimum atomic E-state index is 0.135. The Morgan fingerprint density at radius 2 is 1.81 bits per heavy atom. The third-order valence-electron chi connectivity index (χ3n) is 3.60. The van der Waals surface area contributed by atoms with E-state index in [1.54, 1.807) is 0 Å². The molecule has 0 aliphatic heterocycles. The highest BCUT2D eigenvalue weighted by atomic mass is 35.5. The zero-order valence-corrected chi connectivity index (χ0v) is 13.4. The van der Waals surface area contributed by atoms with Gasteiger partial charge in [0.15, 0.2) is 0 Å².